The second-order valence-corrected chi connectivity index (χ2v) is 4.85. The summed E-state index contributed by atoms with van der Waals surface area (Å²) in [7, 11) is 3.07. The van der Waals surface area contributed by atoms with Gasteiger partial charge in [-0.15, -0.1) is 0 Å². The van der Waals surface area contributed by atoms with E-state index in [1.54, 1.807) is 25.3 Å². The van der Waals surface area contributed by atoms with Crippen molar-refractivity contribution in [3.63, 3.8) is 0 Å². The molecule has 1 unspecified atom stereocenters. The minimum absolute atomic E-state index is 0.0379. The van der Waals surface area contributed by atoms with Crippen molar-refractivity contribution in [2.45, 2.75) is 18.9 Å². The highest BCUT2D eigenvalue weighted by atomic mass is 16.5. The standard InChI is InChI=1S/C16H25NO6/c1-21-12-3-4-13(15(11-12)22-2)14(19)5-6-16(20)17-7-9-23-10-8-18/h3-4,11,14,18-19H,5-10H2,1-2H3,(H,17,20). The number of amides is 1. The molecule has 0 saturated carbocycles. The second-order valence-electron chi connectivity index (χ2n) is 4.85. The molecule has 0 saturated heterocycles. The highest BCUT2D eigenvalue weighted by molar-refractivity contribution is 5.75. The average Bonchev–Trinajstić information content (AvgIpc) is 2.58. The van der Waals surface area contributed by atoms with Crippen molar-refractivity contribution in [1.29, 1.82) is 0 Å². The fraction of sp³-hybridized carbons (Fsp3) is 0.562. The summed E-state index contributed by atoms with van der Waals surface area (Å²) < 4.78 is 15.4. The molecule has 0 aliphatic rings. The van der Waals surface area contributed by atoms with E-state index < -0.39 is 6.10 Å². The van der Waals surface area contributed by atoms with E-state index in [0.29, 0.717) is 30.2 Å². The number of rotatable bonds is 11. The third kappa shape index (κ3) is 6.85. The molecule has 1 atom stereocenters. The number of hydrogen-bond acceptors (Lipinski definition) is 6. The summed E-state index contributed by atoms with van der Waals surface area (Å²) in [6, 6.07) is 5.15. The van der Waals surface area contributed by atoms with Gasteiger partial charge in [-0.3, -0.25) is 4.79 Å². The third-order valence-corrected chi connectivity index (χ3v) is 3.25. The fourth-order valence-corrected chi connectivity index (χ4v) is 2.03. The molecule has 1 aromatic rings. The van der Waals surface area contributed by atoms with Crippen molar-refractivity contribution in [2.24, 2.45) is 0 Å². The molecule has 1 amide bonds. The number of carbonyl (C=O) groups is 1. The maximum atomic E-state index is 11.7. The molecule has 0 fully saturated rings. The lowest BCUT2D eigenvalue weighted by Crippen LogP contribution is -2.27. The van der Waals surface area contributed by atoms with Crippen molar-refractivity contribution >= 4 is 5.91 Å². The van der Waals surface area contributed by atoms with Crippen LogP contribution in [0.3, 0.4) is 0 Å². The lowest BCUT2D eigenvalue weighted by molar-refractivity contribution is -0.121. The van der Waals surface area contributed by atoms with Crippen LogP contribution < -0.4 is 14.8 Å². The Hall–Kier alpha value is -1.83. The Morgan fingerprint density at radius 2 is 2.04 bits per heavy atom. The first-order valence-corrected chi connectivity index (χ1v) is 7.47. The monoisotopic (exact) mass is 327 g/mol. The Balaban J connectivity index is 2.41. The quantitative estimate of drug-likeness (QED) is 0.516. The number of hydrogen-bond donors (Lipinski definition) is 3. The molecule has 0 radical (unpaired) electrons. The maximum absolute atomic E-state index is 11.7. The SMILES string of the molecule is COc1ccc(C(O)CCC(=O)NCCOCCO)c(OC)c1. The van der Waals surface area contributed by atoms with Crippen LogP contribution in [0.15, 0.2) is 18.2 Å². The summed E-state index contributed by atoms with van der Waals surface area (Å²) in [6.45, 7) is 0.942. The van der Waals surface area contributed by atoms with E-state index in [2.05, 4.69) is 5.32 Å². The van der Waals surface area contributed by atoms with Crippen molar-refractivity contribution in [3.8, 4) is 11.5 Å². The van der Waals surface area contributed by atoms with Gasteiger partial charge in [-0.05, 0) is 18.6 Å². The van der Waals surface area contributed by atoms with Gasteiger partial charge in [-0.1, -0.05) is 0 Å². The molecule has 0 bridgehead atoms. The van der Waals surface area contributed by atoms with Crippen LogP contribution in [0.25, 0.3) is 0 Å². The Morgan fingerprint density at radius 1 is 1.26 bits per heavy atom. The van der Waals surface area contributed by atoms with Crippen LogP contribution in [0.2, 0.25) is 0 Å². The molecule has 23 heavy (non-hydrogen) atoms. The fourth-order valence-electron chi connectivity index (χ4n) is 2.03. The number of aliphatic hydroxyl groups is 2. The summed E-state index contributed by atoms with van der Waals surface area (Å²) in [5.41, 5.74) is 0.618. The van der Waals surface area contributed by atoms with Crippen LogP contribution >= 0.6 is 0 Å². The summed E-state index contributed by atoms with van der Waals surface area (Å²) in [5, 5.41) is 21.5. The Kier molecular flexibility index (Phi) is 9.04. The molecule has 1 rings (SSSR count). The van der Waals surface area contributed by atoms with Crippen LogP contribution in [0.4, 0.5) is 0 Å². The minimum Gasteiger partial charge on any atom is -0.497 e. The molecule has 0 spiro atoms. The molecule has 0 aromatic heterocycles. The van der Waals surface area contributed by atoms with E-state index in [1.165, 1.54) is 7.11 Å². The van der Waals surface area contributed by atoms with Crippen LogP contribution in [0, 0.1) is 0 Å². The van der Waals surface area contributed by atoms with E-state index in [-0.39, 0.29) is 32.0 Å². The van der Waals surface area contributed by atoms with Gasteiger partial charge in [0.25, 0.3) is 0 Å². The zero-order valence-corrected chi connectivity index (χ0v) is 13.6. The highest BCUT2D eigenvalue weighted by Gasteiger charge is 2.15. The van der Waals surface area contributed by atoms with Crippen LogP contribution in [0.5, 0.6) is 11.5 Å². The largest absolute Gasteiger partial charge is 0.497 e. The van der Waals surface area contributed by atoms with Crippen LogP contribution in [0.1, 0.15) is 24.5 Å². The first-order chi connectivity index (χ1) is 11.1. The number of methoxy groups -OCH3 is 2. The molecule has 7 nitrogen and oxygen atoms in total. The molecule has 0 aliphatic heterocycles. The van der Waals surface area contributed by atoms with E-state index in [9.17, 15) is 9.90 Å². The molecule has 0 heterocycles. The van der Waals surface area contributed by atoms with E-state index in [0.717, 1.165) is 0 Å². The second kappa shape index (κ2) is 10.8. The topological polar surface area (TPSA) is 97.3 Å². The van der Waals surface area contributed by atoms with Crippen LogP contribution in [-0.4, -0.2) is 56.7 Å². The Bertz CT molecular complexity index is 480. The first kappa shape index (κ1) is 19.2. The summed E-state index contributed by atoms with van der Waals surface area (Å²) in [6.07, 6.45) is -0.324. The number of carbonyl (C=O) groups excluding carboxylic acids is 1. The summed E-state index contributed by atoms with van der Waals surface area (Å²) >= 11 is 0. The van der Waals surface area contributed by atoms with Crippen molar-refractivity contribution in [2.75, 3.05) is 40.6 Å². The van der Waals surface area contributed by atoms with Gasteiger partial charge in [-0.25, -0.2) is 0 Å². The normalized spacial score (nSPS) is 11.8. The highest BCUT2D eigenvalue weighted by Crippen LogP contribution is 2.31. The molecule has 3 N–H and O–H groups in total. The van der Waals surface area contributed by atoms with Crippen molar-refractivity contribution in [1.82, 2.24) is 5.32 Å². The minimum atomic E-state index is -0.799. The molecule has 0 aliphatic carbocycles. The van der Waals surface area contributed by atoms with Gasteiger partial charge < -0.3 is 29.7 Å². The first-order valence-electron chi connectivity index (χ1n) is 7.47. The summed E-state index contributed by atoms with van der Waals surface area (Å²) in [4.78, 5) is 11.7. The Morgan fingerprint density at radius 3 is 2.70 bits per heavy atom. The zero-order valence-electron chi connectivity index (χ0n) is 13.6. The number of nitrogens with one attached hydrogen (secondary N) is 1. The van der Waals surface area contributed by atoms with Gasteiger partial charge in [-0.2, -0.15) is 0 Å². The van der Waals surface area contributed by atoms with E-state index in [1.807, 2.05) is 0 Å². The van der Waals surface area contributed by atoms with Gasteiger partial charge in [0.2, 0.25) is 5.91 Å². The molecule has 1 aromatic carbocycles. The Labute approximate surface area is 136 Å². The van der Waals surface area contributed by atoms with Gasteiger partial charge in [0.15, 0.2) is 0 Å². The predicted octanol–water partition coefficient (Wildman–Crippen LogP) is 0.642. The van der Waals surface area contributed by atoms with Gasteiger partial charge in [0, 0.05) is 24.6 Å². The van der Waals surface area contributed by atoms with Crippen LogP contribution in [-0.2, 0) is 9.53 Å². The number of benzene rings is 1. The van der Waals surface area contributed by atoms with Crippen molar-refractivity contribution < 1.29 is 29.2 Å². The third-order valence-electron chi connectivity index (χ3n) is 3.25. The van der Waals surface area contributed by atoms with Gasteiger partial charge >= 0.3 is 0 Å². The summed E-state index contributed by atoms with van der Waals surface area (Å²) in [5.74, 6) is 0.997. The number of ether oxygens (including phenoxy) is 3. The molecular weight excluding hydrogens is 302 g/mol. The van der Waals surface area contributed by atoms with Crippen molar-refractivity contribution in [3.05, 3.63) is 23.8 Å². The van der Waals surface area contributed by atoms with Gasteiger partial charge in [0.05, 0.1) is 40.1 Å². The average molecular weight is 327 g/mol. The zero-order chi connectivity index (χ0) is 17.1. The molecule has 7 heteroatoms. The molecular formula is C16H25NO6. The molecule has 130 valence electrons. The van der Waals surface area contributed by atoms with E-state index in [4.69, 9.17) is 19.3 Å². The maximum Gasteiger partial charge on any atom is 0.220 e. The van der Waals surface area contributed by atoms with Gasteiger partial charge in [0.1, 0.15) is 11.5 Å². The smallest absolute Gasteiger partial charge is 0.220 e. The lowest BCUT2D eigenvalue weighted by atomic mass is 10.0. The lowest BCUT2D eigenvalue weighted by Gasteiger charge is -2.15. The predicted molar refractivity (Wildman–Crippen MR) is 84.7 cm³/mol. The van der Waals surface area contributed by atoms with E-state index >= 15 is 0 Å². The number of aliphatic hydroxyl groups excluding tert-OH is 2.